The molecule has 0 bridgehead atoms. The summed E-state index contributed by atoms with van der Waals surface area (Å²) >= 11 is 4.36. The van der Waals surface area contributed by atoms with E-state index >= 15 is 0 Å². The van der Waals surface area contributed by atoms with Gasteiger partial charge in [0.2, 0.25) is 0 Å². The first-order valence-corrected chi connectivity index (χ1v) is 4.58. The number of thiol groups is 1. The molecule has 2 aromatic rings. The molecule has 2 aromatic carbocycles. The average molecular weight is 190 g/mol. The van der Waals surface area contributed by atoms with Crippen molar-refractivity contribution in [3.8, 4) is 0 Å². The monoisotopic (exact) mass is 190 g/mol. The number of rotatable bonds is 1. The molecule has 0 heterocycles. The minimum absolute atomic E-state index is 0.0644. The largest absolute Gasteiger partial charge is 0.392 e. The summed E-state index contributed by atoms with van der Waals surface area (Å²) in [4.78, 5) is 0.919. The van der Waals surface area contributed by atoms with Gasteiger partial charge < -0.3 is 5.11 Å². The smallest absolute Gasteiger partial charge is 0.0688 e. The maximum absolute atomic E-state index is 9.13. The molecule has 0 unspecified atom stereocenters. The summed E-state index contributed by atoms with van der Waals surface area (Å²) in [5.74, 6) is 0. The Morgan fingerprint density at radius 3 is 2.46 bits per heavy atom. The highest BCUT2D eigenvalue weighted by Crippen LogP contribution is 2.25. The predicted molar refractivity (Wildman–Crippen MR) is 57.1 cm³/mol. The van der Waals surface area contributed by atoms with Crippen LogP contribution in [0.2, 0.25) is 0 Å². The standard InChI is InChI=1S/C11H10OS/c12-7-9-5-1-3-8-4-2-6-10(13)11(8)9/h1-6,12-13H,7H2. The summed E-state index contributed by atoms with van der Waals surface area (Å²) in [6.45, 7) is 0.0644. The lowest BCUT2D eigenvalue weighted by molar-refractivity contribution is 0.283. The molecule has 0 aliphatic rings. The van der Waals surface area contributed by atoms with Gasteiger partial charge in [0.05, 0.1) is 6.61 Å². The van der Waals surface area contributed by atoms with Crippen molar-refractivity contribution in [1.29, 1.82) is 0 Å². The second kappa shape index (κ2) is 3.40. The van der Waals surface area contributed by atoms with Crippen molar-refractivity contribution in [1.82, 2.24) is 0 Å². The molecule has 66 valence electrons. The van der Waals surface area contributed by atoms with Crippen LogP contribution in [-0.2, 0) is 6.61 Å². The van der Waals surface area contributed by atoms with Crippen molar-refractivity contribution >= 4 is 23.4 Å². The van der Waals surface area contributed by atoms with Crippen LogP contribution in [0.4, 0.5) is 0 Å². The van der Waals surface area contributed by atoms with E-state index < -0.39 is 0 Å². The molecule has 0 aliphatic heterocycles. The average Bonchev–Trinajstić information content (AvgIpc) is 2.17. The van der Waals surface area contributed by atoms with Crippen LogP contribution in [0.5, 0.6) is 0 Å². The molecular weight excluding hydrogens is 180 g/mol. The zero-order valence-electron chi connectivity index (χ0n) is 7.07. The maximum atomic E-state index is 9.13. The number of benzene rings is 2. The van der Waals surface area contributed by atoms with Crippen LogP contribution in [0.1, 0.15) is 5.56 Å². The molecule has 0 amide bonds. The van der Waals surface area contributed by atoms with Crippen molar-refractivity contribution in [3.05, 3.63) is 42.0 Å². The molecule has 0 atom stereocenters. The van der Waals surface area contributed by atoms with E-state index in [0.717, 1.165) is 21.2 Å². The van der Waals surface area contributed by atoms with Gasteiger partial charge in [-0.1, -0.05) is 30.3 Å². The third-order valence-electron chi connectivity index (χ3n) is 2.14. The Labute approximate surface area is 82.4 Å². The third-order valence-corrected chi connectivity index (χ3v) is 2.51. The lowest BCUT2D eigenvalue weighted by Gasteiger charge is -2.05. The first-order valence-electron chi connectivity index (χ1n) is 4.13. The van der Waals surface area contributed by atoms with Crippen molar-refractivity contribution in [2.75, 3.05) is 0 Å². The van der Waals surface area contributed by atoms with Crippen LogP contribution in [0.3, 0.4) is 0 Å². The van der Waals surface area contributed by atoms with Crippen LogP contribution in [0, 0.1) is 0 Å². The van der Waals surface area contributed by atoms with Crippen molar-refractivity contribution < 1.29 is 5.11 Å². The van der Waals surface area contributed by atoms with E-state index in [9.17, 15) is 0 Å². The second-order valence-electron chi connectivity index (χ2n) is 2.95. The van der Waals surface area contributed by atoms with Crippen LogP contribution in [-0.4, -0.2) is 5.11 Å². The van der Waals surface area contributed by atoms with E-state index in [-0.39, 0.29) is 6.61 Å². The highest BCUT2D eigenvalue weighted by molar-refractivity contribution is 7.80. The molecule has 2 heteroatoms. The normalized spacial score (nSPS) is 10.6. The molecular formula is C11H10OS. The fourth-order valence-electron chi connectivity index (χ4n) is 1.53. The predicted octanol–water partition coefficient (Wildman–Crippen LogP) is 2.62. The van der Waals surface area contributed by atoms with Gasteiger partial charge in [-0.3, -0.25) is 0 Å². The van der Waals surface area contributed by atoms with Crippen LogP contribution in [0.15, 0.2) is 41.3 Å². The molecule has 0 radical (unpaired) electrons. The second-order valence-corrected chi connectivity index (χ2v) is 3.43. The molecule has 0 saturated carbocycles. The molecule has 13 heavy (non-hydrogen) atoms. The van der Waals surface area contributed by atoms with Gasteiger partial charge in [0, 0.05) is 10.3 Å². The highest BCUT2D eigenvalue weighted by Gasteiger charge is 2.01. The van der Waals surface area contributed by atoms with Gasteiger partial charge in [-0.2, -0.15) is 0 Å². The van der Waals surface area contributed by atoms with E-state index in [0.29, 0.717) is 0 Å². The summed E-state index contributed by atoms with van der Waals surface area (Å²) in [6.07, 6.45) is 0. The molecule has 0 aliphatic carbocycles. The molecule has 0 fully saturated rings. The lowest BCUT2D eigenvalue weighted by atomic mass is 10.1. The molecule has 1 N–H and O–H groups in total. The quantitative estimate of drug-likeness (QED) is 0.662. The Hall–Kier alpha value is -0.990. The van der Waals surface area contributed by atoms with Crippen LogP contribution >= 0.6 is 12.6 Å². The number of aliphatic hydroxyl groups is 1. The van der Waals surface area contributed by atoms with Gasteiger partial charge in [0.15, 0.2) is 0 Å². The zero-order valence-corrected chi connectivity index (χ0v) is 7.96. The lowest BCUT2D eigenvalue weighted by Crippen LogP contribution is -1.86. The molecule has 0 aromatic heterocycles. The molecule has 0 spiro atoms. The van der Waals surface area contributed by atoms with Crippen molar-refractivity contribution in [2.24, 2.45) is 0 Å². The van der Waals surface area contributed by atoms with Gasteiger partial charge in [-0.25, -0.2) is 0 Å². The number of hydrogen-bond acceptors (Lipinski definition) is 2. The summed E-state index contributed by atoms with van der Waals surface area (Å²) in [6, 6.07) is 11.8. The van der Waals surface area contributed by atoms with E-state index in [1.165, 1.54) is 0 Å². The Kier molecular flexibility index (Phi) is 2.25. The SMILES string of the molecule is OCc1cccc2cccc(S)c12. The minimum Gasteiger partial charge on any atom is -0.392 e. The van der Waals surface area contributed by atoms with Gasteiger partial charge >= 0.3 is 0 Å². The van der Waals surface area contributed by atoms with E-state index in [4.69, 9.17) is 5.11 Å². The fraction of sp³-hybridized carbons (Fsp3) is 0.0909. The van der Waals surface area contributed by atoms with E-state index in [2.05, 4.69) is 12.6 Å². The highest BCUT2D eigenvalue weighted by atomic mass is 32.1. The summed E-state index contributed by atoms with van der Waals surface area (Å²) in [7, 11) is 0. The Morgan fingerprint density at radius 1 is 1.08 bits per heavy atom. The van der Waals surface area contributed by atoms with Crippen LogP contribution in [0.25, 0.3) is 10.8 Å². The number of fused-ring (bicyclic) bond motifs is 1. The first-order chi connectivity index (χ1) is 6.33. The maximum Gasteiger partial charge on any atom is 0.0688 e. The van der Waals surface area contributed by atoms with Crippen molar-refractivity contribution in [3.63, 3.8) is 0 Å². The third kappa shape index (κ3) is 1.43. The first kappa shape index (κ1) is 8.60. The Balaban J connectivity index is 2.87. The van der Waals surface area contributed by atoms with Gasteiger partial charge in [-0.15, -0.1) is 12.6 Å². The number of aliphatic hydroxyl groups excluding tert-OH is 1. The summed E-state index contributed by atoms with van der Waals surface area (Å²) in [5.41, 5.74) is 0.933. The molecule has 0 saturated heterocycles. The summed E-state index contributed by atoms with van der Waals surface area (Å²) in [5, 5.41) is 11.3. The van der Waals surface area contributed by atoms with Gasteiger partial charge in [0.1, 0.15) is 0 Å². The fourth-order valence-corrected chi connectivity index (χ4v) is 1.89. The number of hydrogen-bond donors (Lipinski definition) is 2. The van der Waals surface area contributed by atoms with Gasteiger partial charge in [-0.05, 0) is 17.0 Å². The molecule has 2 rings (SSSR count). The Morgan fingerprint density at radius 2 is 1.77 bits per heavy atom. The van der Waals surface area contributed by atoms with Crippen LogP contribution < -0.4 is 0 Å². The van der Waals surface area contributed by atoms with Gasteiger partial charge in [0.25, 0.3) is 0 Å². The minimum atomic E-state index is 0.0644. The molecule has 1 nitrogen and oxygen atoms in total. The zero-order chi connectivity index (χ0) is 9.26. The Bertz CT molecular complexity index is 432. The van der Waals surface area contributed by atoms with E-state index in [1.54, 1.807) is 0 Å². The topological polar surface area (TPSA) is 20.2 Å². The summed E-state index contributed by atoms with van der Waals surface area (Å²) < 4.78 is 0. The van der Waals surface area contributed by atoms with E-state index in [1.807, 2.05) is 36.4 Å². The van der Waals surface area contributed by atoms with Crippen molar-refractivity contribution in [2.45, 2.75) is 11.5 Å².